The van der Waals surface area contributed by atoms with E-state index in [4.69, 9.17) is 10.5 Å². The molecule has 0 aliphatic carbocycles. The number of nitrogens with two attached hydrogens (primary N) is 1. The van der Waals surface area contributed by atoms with Gasteiger partial charge in [-0.15, -0.1) is 0 Å². The lowest BCUT2D eigenvalue weighted by molar-refractivity contribution is -0.148. The molecule has 6 heteroatoms. The van der Waals surface area contributed by atoms with Crippen LogP contribution >= 0.6 is 11.8 Å². The van der Waals surface area contributed by atoms with Gasteiger partial charge in [0.05, 0.1) is 6.61 Å². The molecule has 2 N–H and O–H groups in total. The van der Waals surface area contributed by atoms with Gasteiger partial charge in [0.1, 0.15) is 6.04 Å². The van der Waals surface area contributed by atoms with Gasteiger partial charge < -0.3 is 10.5 Å². The Balaban J connectivity index is 2.04. The zero-order valence-electron chi connectivity index (χ0n) is 12.1. The first-order valence-electron chi connectivity index (χ1n) is 6.99. The van der Waals surface area contributed by atoms with Crippen molar-refractivity contribution in [2.24, 2.45) is 5.73 Å². The zero-order valence-corrected chi connectivity index (χ0v) is 12.9. The minimum atomic E-state index is -0.430. The minimum Gasteiger partial charge on any atom is -0.465 e. The maximum absolute atomic E-state index is 12.0. The quantitative estimate of drug-likeness (QED) is 0.829. The van der Waals surface area contributed by atoms with E-state index in [0.29, 0.717) is 18.7 Å². The van der Waals surface area contributed by atoms with E-state index >= 15 is 0 Å². The summed E-state index contributed by atoms with van der Waals surface area (Å²) >= 11 is 1.77. The van der Waals surface area contributed by atoms with Gasteiger partial charge in [0, 0.05) is 30.2 Å². The van der Waals surface area contributed by atoms with Crippen molar-refractivity contribution in [3.8, 4) is 0 Å². The Morgan fingerprint density at radius 2 is 2.10 bits per heavy atom. The largest absolute Gasteiger partial charge is 0.465 e. The first-order chi connectivity index (χ1) is 10.1. The Morgan fingerprint density at radius 1 is 1.38 bits per heavy atom. The van der Waals surface area contributed by atoms with Crippen molar-refractivity contribution in [1.82, 2.24) is 4.90 Å². The highest BCUT2D eigenvalue weighted by Gasteiger charge is 2.30. The molecule has 5 nitrogen and oxygen atoms in total. The Bertz CT molecular complexity index is 504. The molecule has 2 rings (SSSR count). The Labute approximate surface area is 128 Å². The average Bonchev–Trinajstić information content (AvgIpc) is 2.48. The number of thioether (sulfide) groups is 1. The van der Waals surface area contributed by atoms with Gasteiger partial charge in [0.25, 0.3) is 0 Å². The molecule has 1 fully saturated rings. The van der Waals surface area contributed by atoms with Crippen molar-refractivity contribution in [3.63, 3.8) is 0 Å². The van der Waals surface area contributed by atoms with E-state index in [9.17, 15) is 9.59 Å². The molecule has 0 radical (unpaired) electrons. The van der Waals surface area contributed by atoms with Crippen molar-refractivity contribution in [2.45, 2.75) is 19.5 Å². The number of carbonyl (C=O) groups is 2. The molecule has 114 valence electrons. The van der Waals surface area contributed by atoms with Crippen LogP contribution in [0.3, 0.4) is 0 Å². The molecule has 0 saturated carbocycles. The van der Waals surface area contributed by atoms with Crippen molar-refractivity contribution >= 4 is 23.6 Å². The van der Waals surface area contributed by atoms with Crippen LogP contribution in [-0.2, 0) is 16.1 Å². The normalized spacial score (nSPS) is 19.2. The monoisotopic (exact) mass is 308 g/mol. The third kappa shape index (κ3) is 4.22. The number of benzene rings is 1. The van der Waals surface area contributed by atoms with Crippen molar-refractivity contribution in [2.75, 3.05) is 24.7 Å². The third-order valence-electron chi connectivity index (χ3n) is 3.42. The summed E-state index contributed by atoms with van der Waals surface area (Å²) in [5, 5.41) is 0. The molecule has 1 aromatic rings. The molecule has 1 atom stereocenters. The zero-order chi connectivity index (χ0) is 15.2. The van der Waals surface area contributed by atoms with Crippen molar-refractivity contribution < 1.29 is 14.3 Å². The smallest absolute Gasteiger partial charge is 0.324 e. The number of ether oxygens (including phenoxy) is 1. The van der Waals surface area contributed by atoms with Crippen LogP contribution in [0.4, 0.5) is 0 Å². The maximum atomic E-state index is 12.0. The van der Waals surface area contributed by atoms with Gasteiger partial charge in [0.15, 0.2) is 0 Å². The molecular formula is C15H20N2O3S. The standard InChI is InChI=1S/C15H20N2O3S/c1-2-20-15(19)13-10-21-8-7-17(13)9-11-3-5-12(6-4-11)14(16)18/h3-6,13H,2,7-10H2,1H3,(H2,16,18)/t13-/m1/s1. The lowest BCUT2D eigenvalue weighted by Crippen LogP contribution is -2.47. The van der Waals surface area contributed by atoms with Crippen LogP contribution in [0.5, 0.6) is 0 Å². The van der Waals surface area contributed by atoms with Gasteiger partial charge in [-0.1, -0.05) is 12.1 Å². The molecule has 0 unspecified atom stereocenters. The maximum Gasteiger partial charge on any atom is 0.324 e. The summed E-state index contributed by atoms with van der Waals surface area (Å²) in [4.78, 5) is 25.2. The lowest BCUT2D eigenvalue weighted by Gasteiger charge is -2.33. The Kier molecular flexibility index (Phi) is 5.64. The first-order valence-corrected chi connectivity index (χ1v) is 8.14. The number of hydrogen-bond acceptors (Lipinski definition) is 5. The summed E-state index contributed by atoms with van der Waals surface area (Å²) in [5.41, 5.74) is 6.78. The second-order valence-electron chi connectivity index (χ2n) is 4.87. The predicted molar refractivity (Wildman–Crippen MR) is 83.1 cm³/mol. The molecule has 0 aromatic heterocycles. The first kappa shape index (κ1) is 15.9. The van der Waals surface area contributed by atoms with Crippen LogP contribution in [0.15, 0.2) is 24.3 Å². The number of rotatable bonds is 5. The van der Waals surface area contributed by atoms with Gasteiger partial charge in [-0.25, -0.2) is 0 Å². The molecule has 21 heavy (non-hydrogen) atoms. The van der Waals surface area contributed by atoms with E-state index in [2.05, 4.69) is 4.90 Å². The highest BCUT2D eigenvalue weighted by molar-refractivity contribution is 7.99. The number of nitrogens with zero attached hydrogens (tertiary/aromatic N) is 1. The second kappa shape index (κ2) is 7.47. The highest BCUT2D eigenvalue weighted by Crippen LogP contribution is 2.20. The van der Waals surface area contributed by atoms with Crippen LogP contribution in [0.2, 0.25) is 0 Å². The van der Waals surface area contributed by atoms with Gasteiger partial charge in [-0.2, -0.15) is 11.8 Å². The average molecular weight is 308 g/mol. The Morgan fingerprint density at radius 3 is 2.71 bits per heavy atom. The fourth-order valence-corrected chi connectivity index (χ4v) is 3.39. The van der Waals surface area contributed by atoms with Crippen LogP contribution in [-0.4, -0.2) is 47.5 Å². The van der Waals surface area contributed by atoms with Crippen molar-refractivity contribution in [1.29, 1.82) is 0 Å². The van der Waals surface area contributed by atoms with E-state index in [0.717, 1.165) is 23.6 Å². The lowest BCUT2D eigenvalue weighted by atomic mass is 10.1. The fourth-order valence-electron chi connectivity index (χ4n) is 2.29. The van der Waals surface area contributed by atoms with E-state index in [-0.39, 0.29) is 12.0 Å². The topological polar surface area (TPSA) is 72.6 Å². The minimum absolute atomic E-state index is 0.154. The van der Waals surface area contributed by atoms with Crippen LogP contribution < -0.4 is 5.73 Å². The predicted octanol–water partition coefficient (Wildman–Crippen LogP) is 1.27. The molecule has 0 bridgehead atoms. The molecule has 1 aliphatic heterocycles. The fraction of sp³-hybridized carbons (Fsp3) is 0.467. The second-order valence-corrected chi connectivity index (χ2v) is 6.02. The molecule has 0 spiro atoms. The summed E-state index contributed by atoms with van der Waals surface area (Å²) in [6.07, 6.45) is 0. The van der Waals surface area contributed by atoms with Crippen LogP contribution in [0.1, 0.15) is 22.8 Å². The summed E-state index contributed by atoms with van der Waals surface area (Å²) in [5.74, 6) is 1.19. The summed E-state index contributed by atoms with van der Waals surface area (Å²) in [7, 11) is 0. The van der Waals surface area contributed by atoms with Crippen LogP contribution in [0, 0.1) is 0 Å². The molecule has 1 aliphatic rings. The van der Waals surface area contributed by atoms with Gasteiger partial charge in [-0.05, 0) is 24.6 Å². The molecule has 1 heterocycles. The molecule has 1 aromatic carbocycles. The number of hydrogen-bond donors (Lipinski definition) is 1. The summed E-state index contributed by atoms with van der Waals surface area (Å²) in [6, 6.07) is 7.00. The number of esters is 1. The van der Waals surface area contributed by atoms with Gasteiger partial charge in [-0.3, -0.25) is 14.5 Å². The summed E-state index contributed by atoms with van der Waals surface area (Å²) < 4.78 is 5.14. The number of primary amides is 1. The summed E-state index contributed by atoms with van der Waals surface area (Å²) in [6.45, 7) is 3.75. The van der Waals surface area contributed by atoms with Gasteiger partial charge in [0.2, 0.25) is 5.91 Å². The highest BCUT2D eigenvalue weighted by atomic mass is 32.2. The van der Waals surface area contributed by atoms with Crippen LogP contribution in [0.25, 0.3) is 0 Å². The van der Waals surface area contributed by atoms with E-state index in [1.807, 2.05) is 19.1 Å². The van der Waals surface area contributed by atoms with E-state index < -0.39 is 5.91 Å². The third-order valence-corrected chi connectivity index (χ3v) is 4.44. The number of amides is 1. The van der Waals surface area contributed by atoms with E-state index in [1.165, 1.54) is 0 Å². The van der Waals surface area contributed by atoms with E-state index in [1.54, 1.807) is 23.9 Å². The Hall–Kier alpha value is -1.53. The molecule has 1 saturated heterocycles. The molecule has 1 amide bonds. The SMILES string of the molecule is CCOC(=O)[C@H]1CSCCN1Cc1ccc(C(N)=O)cc1. The molecular weight excluding hydrogens is 288 g/mol. The van der Waals surface area contributed by atoms with Gasteiger partial charge >= 0.3 is 5.97 Å². The van der Waals surface area contributed by atoms with Crippen molar-refractivity contribution in [3.05, 3.63) is 35.4 Å². The number of carbonyl (C=O) groups excluding carboxylic acids is 2.